The van der Waals surface area contributed by atoms with E-state index in [0.717, 1.165) is 41.7 Å². The van der Waals surface area contributed by atoms with E-state index in [1.54, 1.807) is 0 Å². The molecule has 1 atom stereocenters. The number of ether oxygens (including phenoxy) is 1. The summed E-state index contributed by atoms with van der Waals surface area (Å²) in [4.78, 5) is 0. The summed E-state index contributed by atoms with van der Waals surface area (Å²) >= 11 is 3.55. The number of benzene rings is 1. The van der Waals surface area contributed by atoms with Crippen LogP contribution in [0.15, 0.2) is 22.7 Å². The molecule has 1 aromatic rings. The number of rotatable bonds is 5. The minimum Gasteiger partial charge on any atom is -0.492 e. The molecule has 1 aliphatic rings. The fourth-order valence-electron chi connectivity index (χ4n) is 3.05. The Morgan fingerprint density at radius 1 is 1.30 bits per heavy atom. The highest BCUT2D eigenvalue weighted by atomic mass is 79.9. The van der Waals surface area contributed by atoms with Gasteiger partial charge in [-0.05, 0) is 58.3 Å². The first-order chi connectivity index (χ1) is 9.57. The second-order valence-corrected chi connectivity index (χ2v) is 7.01. The molecule has 1 N–H and O–H groups in total. The van der Waals surface area contributed by atoms with Crippen molar-refractivity contribution in [1.29, 1.82) is 0 Å². The minimum atomic E-state index is -0.390. The quantitative estimate of drug-likeness (QED) is 0.793. The lowest BCUT2D eigenvalue weighted by molar-refractivity contribution is 0.00812. The smallest absolute Gasteiger partial charge is 0.133 e. The van der Waals surface area contributed by atoms with E-state index in [2.05, 4.69) is 29.8 Å². The van der Waals surface area contributed by atoms with Gasteiger partial charge in [0.1, 0.15) is 5.75 Å². The molecular formula is C17H25BrO2. The third kappa shape index (κ3) is 3.56. The SMILES string of the molecule is CCCOc1ccc(C(O)C2(C)CCCCC2)cc1Br. The molecule has 0 heterocycles. The molecule has 2 rings (SSSR count). The maximum Gasteiger partial charge on any atom is 0.133 e. The van der Waals surface area contributed by atoms with Crippen LogP contribution in [0.2, 0.25) is 0 Å². The van der Waals surface area contributed by atoms with Gasteiger partial charge in [0.2, 0.25) is 0 Å². The fourth-order valence-corrected chi connectivity index (χ4v) is 3.56. The van der Waals surface area contributed by atoms with Gasteiger partial charge in [-0.25, -0.2) is 0 Å². The van der Waals surface area contributed by atoms with Crippen molar-refractivity contribution in [3.63, 3.8) is 0 Å². The maximum atomic E-state index is 10.7. The van der Waals surface area contributed by atoms with Gasteiger partial charge < -0.3 is 9.84 Å². The van der Waals surface area contributed by atoms with Gasteiger partial charge in [0.15, 0.2) is 0 Å². The minimum absolute atomic E-state index is 0.0173. The third-order valence-electron chi connectivity index (χ3n) is 4.39. The van der Waals surface area contributed by atoms with E-state index in [4.69, 9.17) is 4.74 Å². The van der Waals surface area contributed by atoms with E-state index in [-0.39, 0.29) is 11.5 Å². The summed E-state index contributed by atoms with van der Waals surface area (Å²) in [6.45, 7) is 5.03. The Balaban J connectivity index is 2.13. The molecule has 1 fully saturated rings. The fraction of sp³-hybridized carbons (Fsp3) is 0.647. The van der Waals surface area contributed by atoms with Gasteiger partial charge in [-0.15, -0.1) is 0 Å². The van der Waals surface area contributed by atoms with E-state index in [1.165, 1.54) is 19.3 Å². The molecule has 1 saturated carbocycles. The van der Waals surface area contributed by atoms with Gasteiger partial charge in [-0.1, -0.05) is 39.2 Å². The number of aliphatic hydroxyl groups excluding tert-OH is 1. The molecular weight excluding hydrogens is 316 g/mol. The van der Waals surface area contributed by atoms with Crippen LogP contribution in [-0.4, -0.2) is 11.7 Å². The predicted molar refractivity (Wildman–Crippen MR) is 86.1 cm³/mol. The normalized spacial score (nSPS) is 19.6. The molecule has 0 radical (unpaired) electrons. The van der Waals surface area contributed by atoms with Crippen molar-refractivity contribution in [3.8, 4) is 5.75 Å². The summed E-state index contributed by atoms with van der Waals surface area (Å²) in [7, 11) is 0. The zero-order valence-electron chi connectivity index (χ0n) is 12.5. The summed E-state index contributed by atoms with van der Waals surface area (Å²) in [5.74, 6) is 0.858. The van der Waals surface area contributed by atoms with Crippen LogP contribution in [0, 0.1) is 5.41 Å². The van der Waals surface area contributed by atoms with Crippen LogP contribution >= 0.6 is 15.9 Å². The van der Waals surface area contributed by atoms with Crippen molar-refractivity contribution >= 4 is 15.9 Å². The number of aliphatic hydroxyl groups is 1. The third-order valence-corrected chi connectivity index (χ3v) is 5.01. The molecule has 112 valence electrons. The first kappa shape index (κ1) is 15.8. The van der Waals surface area contributed by atoms with Gasteiger partial charge in [0.05, 0.1) is 17.2 Å². The Labute approximate surface area is 130 Å². The van der Waals surface area contributed by atoms with Crippen LogP contribution in [0.4, 0.5) is 0 Å². The largest absolute Gasteiger partial charge is 0.492 e. The molecule has 1 aliphatic carbocycles. The number of hydrogen-bond acceptors (Lipinski definition) is 2. The summed E-state index contributed by atoms with van der Waals surface area (Å²) in [5.41, 5.74) is 1.01. The van der Waals surface area contributed by atoms with Crippen LogP contribution in [-0.2, 0) is 0 Å². The summed E-state index contributed by atoms with van der Waals surface area (Å²) in [5, 5.41) is 10.7. The van der Waals surface area contributed by atoms with Gasteiger partial charge in [0, 0.05) is 0 Å². The predicted octanol–water partition coefficient (Wildman–Crippen LogP) is 5.24. The van der Waals surface area contributed by atoms with E-state index in [0.29, 0.717) is 0 Å². The van der Waals surface area contributed by atoms with Crippen LogP contribution in [0.5, 0.6) is 5.75 Å². The monoisotopic (exact) mass is 340 g/mol. The van der Waals surface area contributed by atoms with Crippen LogP contribution in [0.1, 0.15) is 64.0 Å². The number of halogens is 1. The molecule has 20 heavy (non-hydrogen) atoms. The lowest BCUT2D eigenvalue weighted by atomic mass is 9.70. The van der Waals surface area contributed by atoms with Crippen molar-refractivity contribution < 1.29 is 9.84 Å². The standard InChI is InChI=1S/C17H25BrO2/c1-3-11-20-15-8-7-13(12-14(15)18)16(19)17(2)9-5-4-6-10-17/h7-8,12,16,19H,3-6,9-11H2,1-2H3. The van der Waals surface area contributed by atoms with Gasteiger partial charge >= 0.3 is 0 Å². The average molecular weight is 341 g/mol. The summed E-state index contributed by atoms with van der Waals surface area (Å²) in [6.07, 6.45) is 6.59. The molecule has 0 aromatic heterocycles. The Morgan fingerprint density at radius 3 is 2.60 bits per heavy atom. The molecule has 3 heteroatoms. The van der Waals surface area contributed by atoms with Crippen molar-refractivity contribution in [2.24, 2.45) is 5.41 Å². The lowest BCUT2D eigenvalue weighted by Crippen LogP contribution is -2.28. The Hall–Kier alpha value is -0.540. The average Bonchev–Trinajstić information content (AvgIpc) is 2.46. The molecule has 0 bridgehead atoms. The first-order valence-corrected chi connectivity index (χ1v) is 8.46. The summed E-state index contributed by atoms with van der Waals surface area (Å²) < 4.78 is 6.60. The highest BCUT2D eigenvalue weighted by Gasteiger charge is 2.35. The zero-order valence-corrected chi connectivity index (χ0v) is 14.1. The van der Waals surface area contributed by atoms with Crippen LogP contribution in [0.25, 0.3) is 0 Å². The van der Waals surface area contributed by atoms with Crippen LogP contribution in [0.3, 0.4) is 0 Å². The molecule has 1 aromatic carbocycles. The van der Waals surface area contributed by atoms with Crippen molar-refractivity contribution in [2.45, 2.75) is 58.5 Å². The molecule has 0 amide bonds. The van der Waals surface area contributed by atoms with Gasteiger partial charge in [-0.2, -0.15) is 0 Å². The van der Waals surface area contributed by atoms with E-state index >= 15 is 0 Å². The second kappa shape index (κ2) is 6.95. The Bertz CT molecular complexity index is 439. The molecule has 0 saturated heterocycles. The number of hydrogen-bond donors (Lipinski definition) is 1. The maximum absolute atomic E-state index is 10.7. The Morgan fingerprint density at radius 2 is 2.00 bits per heavy atom. The van der Waals surface area contributed by atoms with Crippen molar-refractivity contribution in [2.75, 3.05) is 6.61 Å². The molecule has 2 nitrogen and oxygen atoms in total. The van der Waals surface area contributed by atoms with Crippen LogP contribution < -0.4 is 4.74 Å². The highest BCUT2D eigenvalue weighted by molar-refractivity contribution is 9.10. The molecule has 0 aliphatic heterocycles. The zero-order chi connectivity index (χ0) is 14.6. The molecule has 0 spiro atoms. The Kier molecular flexibility index (Phi) is 5.50. The summed E-state index contributed by atoms with van der Waals surface area (Å²) in [6, 6.07) is 5.97. The van der Waals surface area contributed by atoms with E-state index in [9.17, 15) is 5.11 Å². The van der Waals surface area contributed by atoms with Gasteiger partial charge in [0.25, 0.3) is 0 Å². The first-order valence-electron chi connectivity index (χ1n) is 7.67. The van der Waals surface area contributed by atoms with Crippen molar-refractivity contribution in [3.05, 3.63) is 28.2 Å². The van der Waals surface area contributed by atoms with Crippen molar-refractivity contribution in [1.82, 2.24) is 0 Å². The van der Waals surface area contributed by atoms with E-state index < -0.39 is 0 Å². The lowest BCUT2D eigenvalue weighted by Gasteiger charge is -2.38. The highest BCUT2D eigenvalue weighted by Crippen LogP contribution is 2.46. The second-order valence-electron chi connectivity index (χ2n) is 6.16. The molecule has 1 unspecified atom stereocenters. The van der Waals surface area contributed by atoms with Gasteiger partial charge in [-0.3, -0.25) is 0 Å². The topological polar surface area (TPSA) is 29.5 Å². The van der Waals surface area contributed by atoms with E-state index in [1.807, 2.05) is 18.2 Å².